The molecule has 0 spiro atoms. The Balaban J connectivity index is 1.70. The first-order valence-electron chi connectivity index (χ1n) is 24.9. The predicted molar refractivity (Wildman–Crippen MR) is 243 cm³/mol. The molecule has 64 heavy (non-hydrogen) atoms. The van der Waals surface area contributed by atoms with Gasteiger partial charge < -0.3 is 64.2 Å². The molecule has 15 heteroatoms. The maximum atomic E-state index is 12.9. The highest BCUT2D eigenvalue weighted by atomic mass is 16.7. The number of allylic oxidation sites excluding steroid dienone is 4. The number of aliphatic hydroxyl groups excluding tert-OH is 7. The van der Waals surface area contributed by atoms with E-state index in [1.165, 1.54) is 83.5 Å². The number of unbranched alkanes of at least 4 members (excludes halogenated alkanes) is 20. The monoisotopic (exact) mass is 917 g/mol. The van der Waals surface area contributed by atoms with Gasteiger partial charge in [-0.3, -0.25) is 9.59 Å². The van der Waals surface area contributed by atoms with E-state index in [0.717, 1.165) is 57.8 Å². The molecule has 374 valence electrons. The van der Waals surface area contributed by atoms with E-state index in [0.29, 0.717) is 12.8 Å². The van der Waals surface area contributed by atoms with Crippen LogP contribution in [-0.4, -0.2) is 142 Å². The van der Waals surface area contributed by atoms with Crippen LogP contribution in [0.3, 0.4) is 0 Å². The Labute approximate surface area is 383 Å². The third-order valence-electron chi connectivity index (χ3n) is 11.9. The second-order valence-corrected chi connectivity index (χ2v) is 17.6. The van der Waals surface area contributed by atoms with Crippen LogP contribution in [0.15, 0.2) is 24.3 Å². The van der Waals surface area contributed by atoms with Gasteiger partial charge in [0.1, 0.15) is 55.4 Å². The predicted octanol–water partition coefficient (Wildman–Crippen LogP) is 6.38. The molecule has 11 atom stereocenters. The Morgan fingerprint density at radius 2 is 0.938 bits per heavy atom. The van der Waals surface area contributed by atoms with Gasteiger partial charge in [0.2, 0.25) is 0 Å². The normalized spacial score (nSPS) is 26.8. The van der Waals surface area contributed by atoms with Crippen LogP contribution >= 0.6 is 0 Å². The van der Waals surface area contributed by atoms with E-state index in [1.807, 2.05) is 0 Å². The third-order valence-corrected chi connectivity index (χ3v) is 11.9. The third kappa shape index (κ3) is 25.2. The summed E-state index contributed by atoms with van der Waals surface area (Å²) in [6.07, 6.45) is 19.9. The minimum absolute atomic E-state index is 0.164. The van der Waals surface area contributed by atoms with Gasteiger partial charge in [-0.2, -0.15) is 0 Å². The van der Waals surface area contributed by atoms with Gasteiger partial charge in [-0.05, 0) is 44.9 Å². The molecule has 0 aromatic heterocycles. The molecule has 0 aromatic carbocycles. The number of ether oxygens (including phenoxy) is 6. The number of carbonyl (C=O) groups is 2. The quantitative estimate of drug-likeness (QED) is 0.0203. The molecule has 0 saturated carbocycles. The fraction of sp³-hybridized carbons (Fsp3) is 0.878. The van der Waals surface area contributed by atoms with Crippen LogP contribution in [0.4, 0.5) is 0 Å². The van der Waals surface area contributed by atoms with Gasteiger partial charge in [0, 0.05) is 12.8 Å². The Kier molecular flexibility index (Phi) is 33.6. The summed E-state index contributed by atoms with van der Waals surface area (Å²) < 4.78 is 33.3. The van der Waals surface area contributed by atoms with Gasteiger partial charge in [0.05, 0.1) is 19.8 Å². The Morgan fingerprint density at radius 1 is 0.500 bits per heavy atom. The van der Waals surface area contributed by atoms with Crippen LogP contribution in [0.25, 0.3) is 0 Å². The summed E-state index contributed by atoms with van der Waals surface area (Å²) >= 11 is 0. The molecule has 0 bridgehead atoms. The molecule has 15 nitrogen and oxygen atoms in total. The zero-order chi connectivity index (χ0) is 46.8. The summed E-state index contributed by atoms with van der Waals surface area (Å²) in [5.74, 6) is -0.938. The van der Waals surface area contributed by atoms with Gasteiger partial charge in [-0.1, -0.05) is 147 Å². The van der Waals surface area contributed by atoms with Gasteiger partial charge in [0.25, 0.3) is 0 Å². The van der Waals surface area contributed by atoms with Crippen molar-refractivity contribution in [2.24, 2.45) is 0 Å². The fourth-order valence-corrected chi connectivity index (χ4v) is 7.78. The summed E-state index contributed by atoms with van der Waals surface area (Å²) in [7, 11) is 0. The highest BCUT2D eigenvalue weighted by Crippen LogP contribution is 2.26. The van der Waals surface area contributed by atoms with Crippen molar-refractivity contribution in [3.63, 3.8) is 0 Å². The topological polar surface area (TPSA) is 231 Å². The lowest BCUT2D eigenvalue weighted by molar-refractivity contribution is -0.332. The second-order valence-electron chi connectivity index (χ2n) is 17.6. The maximum Gasteiger partial charge on any atom is 0.306 e. The van der Waals surface area contributed by atoms with E-state index in [4.69, 9.17) is 28.4 Å². The lowest BCUT2D eigenvalue weighted by Crippen LogP contribution is -2.61. The molecule has 2 saturated heterocycles. The summed E-state index contributed by atoms with van der Waals surface area (Å²) in [5, 5.41) is 71.8. The van der Waals surface area contributed by atoms with Crippen molar-refractivity contribution in [3.05, 3.63) is 24.3 Å². The fourth-order valence-electron chi connectivity index (χ4n) is 7.78. The minimum Gasteiger partial charge on any atom is -0.462 e. The number of aliphatic hydroxyl groups is 7. The smallest absolute Gasteiger partial charge is 0.306 e. The van der Waals surface area contributed by atoms with Crippen LogP contribution in [0.1, 0.15) is 181 Å². The molecule has 11 unspecified atom stereocenters. The van der Waals surface area contributed by atoms with Crippen LogP contribution in [0.2, 0.25) is 0 Å². The summed E-state index contributed by atoms with van der Waals surface area (Å²) in [4.78, 5) is 25.4. The summed E-state index contributed by atoms with van der Waals surface area (Å²) in [5.41, 5.74) is 0. The van der Waals surface area contributed by atoms with E-state index >= 15 is 0 Å². The maximum absolute atomic E-state index is 12.9. The van der Waals surface area contributed by atoms with Crippen LogP contribution in [0, 0.1) is 0 Å². The van der Waals surface area contributed by atoms with Gasteiger partial charge in [0.15, 0.2) is 18.7 Å². The van der Waals surface area contributed by atoms with Crippen molar-refractivity contribution in [2.45, 2.75) is 248 Å². The van der Waals surface area contributed by atoms with E-state index in [9.17, 15) is 45.3 Å². The summed E-state index contributed by atoms with van der Waals surface area (Å²) in [6, 6.07) is 0. The zero-order valence-electron chi connectivity index (χ0n) is 39.3. The Morgan fingerprint density at radius 3 is 1.45 bits per heavy atom. The average molecular weight is 917 g/mol. The first-order valence-corrected chi connectivity index (χ1v) is 24.9. The highest BCUT2D eigenvalue weighted by Gasteiger charge is 2.47. The lowest BCUT2D eigenvalue weighted by Gasteiger charge is -2.42. The number of hydrogen-bond acceptors (Lipinski definition) is 15. The van der Waals surface area contributed by atoms with Crippen LogP contribution < -0.4 is 0 Å². The van der Waals surface area contributed by atoms with Gasteiger partial charge >= 0.3 is 11.9 Å². The Hall–Kier alpha value is -2.02. The number of carbonyl (C=O) groups excluding carboxylic acids is 2. The first-order chi connectivity index (χ1) is 31.0. The van der Waals surface area contributed by atoms with Crippen molar-refractivity contribution in [1.82, 2.24) is 0 Å². The Bertz CT molecular complexity index is 1220. The first kappa shape index (κ1) is 58.1. The number of rotatable bonds is 38. The molecular formula is C49H88O15. The highest BCUT2D eigenvalue weighted by molar-refractivity contribution is 5.70. The SMILES string of the molecule is CCCCCCC/C=C\C/C=C\CCCCCCCCCCCCCC(=O)OC(COC(=O)CCCCCCC)COC1OC(COC2OC(CO)C(O)C(O)C2O)C(O)C(O)C1O. The largest absolute Gasteiger partial charge is 0.462 e. The molecule has 2 heterocycles. The van der Waals surface area contributed by atoms with Crippen molar-refractivity contribution in [2.75, 3.05) is 26.4 Å². The standard InChI is InChI=1S/C49H88O15/c1-3-5-7-9-10-11-12-13-14-15-16-17-18-19-20-21-22-23-24-25-26-28-30-32-41(52)62-37(34-59-40(51)31-29-27-8-6-4-2)35-60-48-47(58)45(56)43(54)39(64-48)36-61-49-46(57)44(55)42(53)38(33-50)63-49/h12-13,15-16,37-39,42-50,53-58H,3-11,14,17-36H2,1-2H3/b13-12-,16-15-. The van der Waals surface area contributed by atoms with Crippen molar-refractivity contribution < 1.29 is 73.8 Å². The van der Waals surface area contributed by atoms with E-state index < -0.39 is 92.7 Å². The van der Waals surface area contributed by atoms with E-state index in [-0.39, 0.29) is 26.1 Å². The molecule has 2 aliphatic heterocycles. The molecule has 2 fully saturated rings. The minimum atomic E-state index is -1.76. The van der Waals surface area contributed by atoms with Crippen LogP contribution in [0.5, 0.6) is 0 Å². The molecule has 0 aromatic rings. The molecule has 0 amide bonds. The number of hydrogen-bond donors (Lipinski definition) is 7. The van der Waals surface area contributed by atoms with Gasteiger partial charge in [-0.15, -0.1) is 0 Å². The second kappa shape index (κ2) is 37.0. The molecule has 2 rings (SSSR count). The average Bonchev–Trinajstić information content (AvgIpc) is 3.29. The molecule has 0 radical (unpaired) electrons. The molecular weight excluding hydrogens is 829 g/mol. The summed E-state index contributed by atoms with van der Waals surface area (Å²) in [6.45, 7) is 2.47. The van der Waals surface area contributed by atoms with Crippen molar-refractivity contribution in [3.8, 4) is 0 Å². The molecule has 7 N–H and O–H groups in total. The molecule has 0 aliphatic carbocycles. The zero-order valence-corrected chi connectivity index (χ0v) is 39.3. The van der Waals surface area contributed by atoms with Gasteiger partial charge in [-0.25, -0.2) is 0 Å². The van der Waals surface area contributed by atoms with Crippen LogP contribution in [-0.2, 0) is 38.0 Å². The van der Waals surface area contributed by atoms with Crippen molar-refractivity contribution >= 4 is 11.9 Å². The molecule has 2 aliphatic rings. The van der Waals surface area contributed by atoms with E-state index in [1.54, 1.807) is 0 Å². The van der Waals surface area contributed by atoms with Crippen molar-refractivity contribution in [1.29, 1.82) is 0 Å². The van der Waals surface area contributed by atoms with E-state index in [2.05, 4.69) is 38.2 Å². The number of esters is 2. The lowest BCUT2D eigenvalue weighted by atomic mass is 9.98.